The fraction of sp³-hybridized carbons (Fsp3) is 0.375. The van der Waals surface area contributed by atoms with Gasteiger partial charge in [-0.15, -0.1) is 0 Å². The molecule has 1 rings (SSSR count). The summed E-state index contributed by atoms with van der Waals surface area (Å²) < 4.78 is 28.9. The lowest BCUT2D eigenvalue weighted by Crippen LogP contribution is -2.34. The molecule has 0 spiro atoms. The van der Waals surface area contributed by atoms with Gasteiger partial charge in [0.25, 0.3) is 5.91 Å². The van der Waals surface area contributed by atoms with Crippen LogP contribution in [0, 0.1) is 0 Å². The molecule has 0 atom stereocenters. The largest absolute Gasteiger partial charge is 0.434 e. The lowest BCUT2D eigenvalue weighted by molar-refractivity contribution is -0.135. The predicted molar refractivity (Wildman–Crippen MR) is 83.7 cm³/mol. The molecule has 0 heterocycles. The fourth-order valence-electron chi connectivity index (χ4n) is 1.77. The van der Waals surface area contributed by atoms with E-state index in [4.69, 9.17) is 4.84 Å². The molecule has 23 heavy (non-hydrogen) atoms. The van der Waals surface area contributed by atoms with E-state index in [1.165, 1.54) is 12.3 Å². The molecular formula is C16H20F2N2O3. The summed E-state index contributed by atoms with van der Waals surface area (Å²) in [6, 6.07) is 6.16. The highest BCUT2D eigenvalue weighted by atomic mass is 19.3. The number of likely N-dealkylation sites (N-methyl/N-ethyl adjacent to an activating group) is 1. The first-order chi connectivity index (χ1) is 10.9. The van der Waals surface area contributed by atoms with Crippen molar-refractivity contribution >= 4 is 12.1 Å². The van der Waals surface area contributed by atoms with Gasteiger partial charge in [0.2, 0.25) is 0 Å². The molecule has 0 saturated carbocycles. The van der Waals surface area contributed by atoms with Gasteiger partial charge in [0.15, 0.2) is 6.61 Å². The van der Waals surface area contributed by atoms with Crippen LogP contribution in [0.15, 0.2) is 41.6 Å². The average molecular weight is 326 g/mol. The molecule has 0 saturated heterocycles. The molecule has 1 aromatic carbocycles. The molecule has 0 aliphatic heterocycles. The summed E-state index contributed by atoms with van der Waals surface area (Å²) in [7, 11) is 0. The van der Waals surface area contributed by atoms with Crippen LogP contribution in [0.2, 0.25) is 0 Å². The summed E-state index contributed by atoms with van der Waals surface area (Å²) in [5.74, 6) is -0.247. The molecule has 0 aliphatic carbocycles. The number of benzene rings is 1. The van der Waals surface area contributed by atoms with E-state index in [1.54, 1.807) is 23.1 Å². The number of hydrogen-bond acceptors (Lipinski definition) is 4. The first kappa shape index (κ1) is 18.6. The van der Waals surface area contributed by atoms with Crippen LogP contribution in [0.5, 0.6) is 5.75 Å². The van der Waals surface area contributed by atoms with E-state index in [0.29, 0.717) is 18.7 Å². The third kappa shape index (κ3) is 6.90. The van der Waals surface area contributed by atoms with Crippen LogP contribution in [0.1, 0.15) is 19.4 Å². The van der Waals surface area contributed by atoms with Crippen LogP contribution in [0.3, 0.4) is 0 Å². The highest BCUT2D eigenvalue weighted by Crippen LogP contribution is 2.18. The number of alkyl halides is 2. The Hall–Kier alpha value is -2.44. The zero-order valence-corrected chi connectivity index (χ0v) is 13.2. The summed E-state index contributed by atoms with van der Waals surface area (Å²) in [6.07, 6.45) is 1.22. The van der Waals surface area contributed by atoms with Crippen LogP contribution in [-0.4, -0.2) is 43.3 Å². The summed E-state index contributed by atoms with van der Waals surface area (Å²) in [5.41, 5.74) is 1.19. The standard InChI is InChI=1S/C16H20F2N2O3/c1-4-20(10-12(2)3)15(21)11-22-19-9-13-7-5-6-8-14(13)23-16(17)18/h5-9,16H,2,4,10-11H2,1,3H3. The van der Waals surface area contributed by atoms with Crippen molar-refractivity contribution in [3.8, 4) is 5.75 Å². The lowest BCUT2D eigenvalue weighted by Gasteiger charge is -2.19. The minimum Gasteiger partial charge on any atom is -0.434 e. The zero-order chi connectivity index (χ0) is 17.2. The molecule has 0 N–H and O–H groups in total. The van der Waals surface area contributed by atoms with Crippen molar-refractivity contribution < 1.29 is 23.1 Å². The maximum absolute atomic E-state index is 12.3. The summed E-state index contributed by atoms with van der Waals surface area (Å²) >= 11 is 0. The lowest BCUT2D eigenvalue weighted by atomic mass is 10.2. The van der Waals surface area contributed by atoms with Crippen LogP contribution in [0.25, 0.3) is 0 Å². The first-order valence-corrected chi connectivity index (χ1v) is 7.05. The van der Waals surface area contributed by atoms with E-state index in [2.05, 4.69) is 16.5 Å². The van der Waals surface area contributed by atoms with Crippen molar-refractivity contribution in [3.63, 3.8) is 0 Å². The second-order valence-electron chi connectivity index (χ2n) is 4.79. The van der Waals surface area contributed by atoms with E-state index in [1.807, 2.05) is 13.8 Å². The highest BCUT2D eigenvalue weighted by molar-refractivity contribution is 5.83. The van der Waals surface area contributed by atoms with Crippen LogP contribution >= 0.6 is 0 Å². The van der Waals surface area contributed by atoms with Crippen molar-refractivity contribution in [1.29, 1.82) is 0 Å². The Morgan fingerprint density at radius 2 is 2.13 bits per heavy atom. The van der Waals surface area contributed by atoms with Gasteiger partial charge in [0.1, 0.15) is 5.75 Å². The highest BCUT2D eigenvalue weighted by Gasteiger charge is 2.12. The minimum absolute atomic E-state index is 0.0151. The van der Waals surface area contributed by atoms with Crippen LogP contribution in [-0.2, 0) is 9.63 Å². The summed E-state index contributed by atoms with van der Waals surface area (Å²) in [5, 5.41) is 3.63. The molecule has 7 heteroatoms. The van der Waals surface area contributed by atoms with Crippen molar-refractivity contribution in [2.45, 2.75) is 20.5 Å². The molecule has 0 aromatic heterocycles. The number of carbonyl (C=O) groups excluding carboxylic acids is 1. The van der Waals surface area contributed by atoms with Gasteiger partial charge in [0.05, 0.1) is 6.21 Å². The molecule has 0 aliphatic rings. The smallest absolute Gasteiger partial charge is 0.387 e. The van der Waals surface area contributed by atoms with Crippen molar-refractivity contribution in [1.82, 2.24) is 4.90 Å². The van der Waals surface area contributed by atoms with Crippen LogP contribution < -0.4 is 4.74 Å². The Morgan fingerprint density at radius 1 is 1.43 bits per heavy atom. The number of hydrogen-bond donors (Lipinski definition) is 0. The van der Waals surface area contributed by atoms with E-state index < -0.39 is 6.61 Å². The van der Waals surface area contributed by atoms with Gasteiger partial charge in [-0.25, -0.2) is 0 Å². The molecule has 5 nitrogen and oxygen atoms in total. The number of rotatable bonds is 9. The van der Waals surface area contributed by atoms with Crippen molar-refractivity contribution in [2.24, 2.45) is 5.16 Å². The Kier molecular flexibility index (Phi) is 7.73. The summed E-state index contributed by atoms with van der Waals surface area (Å²) in [6.45, 7) is 5.25. The molecule has 1 aromatic rings. The van der Waals surface area contributed by atoms with E-state index in [0.717, 1.165) is 5.57 Å². The van der Waals surface area contributed by atoms with Gasteiger partial charge in [-0.05, 0) is 26.0 Å². The number of ether oxygens (including phenoxy) is 1. The van der Waals surface area contributed by atoms with Gasteiger partial charge < -0.3 is 14.5 Å². The average Bonchev–Trinajstić information content (AvgIpc) is 2.49. The van der Waals surface area contributed by atoms with Gasteiger partial charge in [-0.1, -0.05) is 29.4 Å². The molecule has 126 valence electrons. The third-order valence-electron chi connectivity index (χ3n) is 2.78. The molecular weight excluding hydrogens is 306 g/mol. The fourth-order valence-corrected chi connectivity index (χ4v) is 1.77. The number of halogens is 2. The third-order valence-corrected chi connectivity index (χ3v) is 2.78. The van der Waals surface area contributed by atoms with E-state index >= 15 is 0 Å². The SMILES string of the molecule is C=C(C)CN(CC)C(=O)CON=Cc1ccccc1OC(F)F. The van der Waals surface area contributed by atoms with Gasteiger partial charge in [-0.2, -0.15) is 8.78 Å². The Labute approximate surface area is 134 Å². The maximum Gasteiger partial charge on any atom is 0.387 e. The second kappa shape index (κ2) is 9.55. The molecule has 1 amide bonds. The molecule has 0 unspecified atom stereocenters. The molecule has 0 bridgehead atoms. The quantitative estimate of drug-likeness (QED) is 0.398. The predicted octanol–water partition coefficient (Wildman–Crippen LogP) is 3.06. The Morgan fingerprint density at radius 3 is 2.74 bits per heavy atom. The van der Waals surface area contributed by atoms with E-state index in [9.17, 15) is 13.6 Å². The van der Waals surface area contributed by atoms with Gasteiger partial charge in [0, 0.05) is 18.7 Å². The molecule has 0 radical (unpaired) electrons. The van der Waals surface area contributed by atoms with Gasteiger partial charge >= 0.3 is 6.61 Å². The van der Waals surface area contributed by atoms with Crippen molar-refractivity contribution in [3.05, 3.63) is 42.0 Å². The monoisotopic (exact) mass is 326 g/mol. The molecule has 0 fully saturated rings. The topological polar surface area (TPSA) is 51.1 Å². The summed E-state index contributed by atoms with van der Waals surface area (Å²) in [4.78, 5) is 18.4. The maximum atomic E-state index is 12.3. The zero-order valence-electron chi connectivity index (χ0n) is 13.2. The Bertz CT molecular complexity index is 562. The number of amides is 1. The number of oxime groups is 1. The van der Waals surface area contributed by atoms with Gasteiger partial charge in [-0.3, -0.25) is 4.79 Å². The van der Waals surface area contributed by atoms with Crippen LogP contribution in [0.4, 0.5) is 8.78 Å². The minimum atomic E-state index is -2.92. The Balaban J connectivity index is 2.56. The first-order valence-electron chi connectivity index (χ1n) is 7.05. The number of nitrogens with zero attached hydrogens (tertiary/aromatic N) is 2. The number of para-hydroxylation sites is 1. The number of carbonyl (C=O) groups is 1. The van der Waals surface area contributed by atoms with Crippen molar-refractivity contribution in [2.75, 3.05) is 19.7 Å². The van der Waals surface area contributed by atoms with E-state index in [-0.39, 0.29) is 18.3 Å². The normalized spacial score (nSPS) is 10.8. The second-order valence-corrected chi connectivity index (χ2v) is 4.79.